The molecule has 0 unspecified atom stereocenters. The molecule has 0 radical (unpaired) electrons. The van der Waals surface area contributed by atoms with Crippen molar-refractivity contribution in [3.63, 3.8) is 0 Å². The Hall–Kier alpha value is -2.58. The molecule has 0 amide bonds. The Morgan fingerprint density at radius 3 is 2.77 bits per heavy atom. The number of anilines is 1. The summed E-state index contributed by atoms with van der Waals surface area (Å²) in [6.45, 7) is 4.07. The predicted octanol–water partition coefficient (Wildman–Crippen LogP) is 1.75. The lowest BCUT2D eigenvalue weighted by Crippen LogP contribution is -2.45. The van der Waals surface area contributed by atoms with Crippen molar-refractivity contribution in [3.05, 3.63) is 48.9 Å². The largest absolute Gasteiger partial charge is 0.351 e. The smallest absolute Gasteiger partial charge is 0.180 e. The molecule has 5 heteroatoms. The zero-order valence-corrected chi connectivity index (χ0v) is 12.5. The molecule has 5 nitrogen and oxygen atoms in total. The van der Waals surface area contributed by atoms with Crippen molar-refractivity contribution in [3.8, 4) is 11.3 Å². The summed E-state index contributed by atoms with van der Waals surface area (Å²) in [5.41, 5.74) is 2.87. The highest BCUT2D eigenvalue weighted by atomic mass is 15.3. The minimum Gasteiger partial charge on any atom is -0.351 e. The average molecular weight is 291 g/mol. The van der Waals surface area contributed by atoms with Gasteiger partial charge in [-0.15, -0.1) is 0 Å². The molecular weight excluding hydrogens is 274 g/mol. The molecule has 0 bridgehead atoms. The average Bonchev–Trinajstić information content (AvgIpc) is 3.05. The number of hydrogen-bond donors (Lipinski definition) is 0. The van der Waals surface area contributed by atoms with Gasteiger partial charge in [-0.2, -0.15) is 0 Å². The van der Waals surface area contributed by atoms with Crippen molar-refractivity contribution in [2.75, 3.05) is 38.1 Å². The number of imidazole rings is 1. The zero-order chi connectivity index (χ0) is 14.9. The summed E-state index contributed by atoms with van der Waals surface area (Å²) in [6, 6.07) is 12.0. The topological polar surface area (TPSA) is 36.7 Å². The summed E-state index contributed by atoms with van der Waals surface area (Å²) in [5, 5.41) is 0. The van der Waals surface area contributed by atoms with E-state index >= 15 is 0 Å². The molecule has 0 spiro atoms. The number of aromatic nitrogens is 3. The highest BCUT2D eigenvalue weighted by molar-refractivity contribution is 5.70. The van der Waals surface area contributed by atoms with Crippen LogP contribution < -0.4 is 4.90 Å². The van der Waals surface area contributed by atoms with Crippen molar-refractivity contribution >= 4 is 11.5 Å². The molecule has 110 valence electrons. The molecule has 1 aliphatic rings. The fraction of sp³-hybridized carbons (Fsp3) is 0.294. The summed E-state index contributed by atoms with van der Waals surface area (Å²) < 4.78 is 2.08. The summed E-state index contributed by atoms with van der Waals surface area (Å²) in [4.78, 5) is 13.9. The standard InChI is InChI=1S/C17H17N5/c1-20-9-11-21(12-10-20)16-17-18-7-8-22(17)15(13-19-16)14-5-3-2-4-6-14/h2-3,5,7-8,13H,9-12H2,1H3. The van der Waals surface area contributed by atoms with Crippen molar-refractivity contribution in [2.45, 2.75) is 0 Å². The molecule has 22 heavy (non-hydrogen) atoms. The minimum absolute atomic E-state index is 0.902. The van der Waals surface area contributed by atoms with Crippen LogP contribution in [0.15, 0.2) is 36.8 Å². The van der Waals surface area contributed by atoms with Crippen molar-refractivity contribution in [1.82, 2.24) is 19.3 Å². The molecule has 0 aliphatic carbocycles. The van der Waals surface area contributed by atoms with E-state index in [1.54, 1.807) is 0 Å². The van der Waals surface area contributed by atoms with E-state index in [1.807, 2.05) is 36.8 Å². The summed E-state index contributed by atoms with van der Waals surface area (Å²) in [5.74, 6) is 0.960. The van der Waals surface area contributed by atoms with Gasteiger partial charge in [0.15, 0.2) is 11.5 Å². The number of nitrogens with zero attached hydrogens (tertiary/aromatic N) is 5. The van der Waals surface area contributed by atoms with E-state index in [0.29, 0.717) is 0 Å². The Bertz CT molecular complexity index is 772. The summed E-state index contributed by atoms with van der Waals surface area (Å²) in [6.07, 6.45) is 5.71. The number of hydrogen-bond acceptors (Lipinski definition) is 4. The van der Waals surface area contributed by atoms with Crippen LogP contribution in [0, 0.1) is 12.1 Å². The van der Waals surface area contributed by atoms with Crippen LogP contribution in [0.3, 0.4) is 0 Å². The fourth-order valence-electron chi connectivity index (χ4n) is 2.85. The monoisotopic (exact) mass is 291 g/mol. The molecular formula is C17H17N5. The second kappa shape index (κ2) is 5.32. The summed E-state index contributed by atoms with van der Waals surface area (Å²) >= 11 is 0. The van der Waals surface area contributed by atoms with Crippen molar-refractivity contribution < 1.29 is 0 Å². The van der Waals surface area contributed by atoms with Gasteiger partial charge in [0.05, 0.1) is 17.5 Å². The number of fused-ring (bicyclic) bond motifs is 1. The Kier molecular flexibility index (Phi) is 3.17. The van der Waals surface area contributed by atoms with Gasteiger partial charge in [-0.1, -0.05) is 18.2 Å². The molecule has 1 aromatic carbocycles. The van der Waals surface area contributed by atoms with Gasteiger partial charge in [-0.25, -0.2) is 9.97 Å². The van der Waals surface area contributed by atoms with Crippen LogP contribution in [0.1, 0.15) is 0 Å². The maximum absolute atomic E-state index is 4.69. The van der Waals surface area contributed by atoms with Gasteiger partial charge < -0.3 is 9.80 Å². The summed E-state index contributed by atoms with van der Waals surface area (Å²) in [7, 11) is 2.15. The molecule has 1 aliphatic heterocycles. The molecule has 3 aromatic rings. The Labute approximate surface area is 129 Å². The Morgan fingerprint density at radius 2 is 2.00 bits per heavy atom. The van der Waals surface area contributed by atoms with Crippen LogP contribution in [0.4, 0.5) is 5.82 Å². The quantitative estimate of drug-likeness (QED) is 0.721. The van der Waals surface area contributed by atoms with Gasteiger partial charge in [-0.05, 0) is 19.2 Å². The van der Waals surface area contributed by atoms with Crippen LogP contribution in [0.5, 0.6) is 0 Å². The van der Waals surface area contributed by atoms with Gasteiger partial charge in [0.2, 0.25) is 0 Å². The fourth-order valence-corrected chi connectivity index (χ4v) is 2.85. The molecule has 0 N–H and O–H groups in total. The number of likely N-dealkylation sites (N-methyl/N-ethyl adjacent to an activating group) is 1. The number of rotatable bonds is 2. The molecule has 4 rings (SSSR count). The van der Waals surface area contributed by atoms with Gasteiger partial charge >= 0.3 is 0 Å². The van der Waals surface area contributed by atoms with E-state index in [1.165, 1.54) is 0 Å². The third kappa shape index (κ3) is 2.18. The van der Waals surface area contributed by atoms with Crippen molar-refractivity contribution in [1.29, 1.82) is 0 Å². The first kappa shape index (κ1) is 13.1. The maximum Gasteiger partial charge on any atom is 0.180 e. The normalized spacial score (nSPS) is 16.0. The van der Waals surface area contributed by atoms with E-state index in [9.17, 15) is 0 Å². The van der Waals surface area contributed by atoms with E-state index in [4.69, 9.17) is 4.98 Å². The van der Waals surface area contributed by atoms with Gasteiger partial charge in [0, 0.05) is 38.6 Å². The van der Waals surface area contributed by atoms with Crippen LogP contribution >= 0.6 is 0 Å². The minimum atomic E-state index is 0.902. The Balaban J connectivity index is 1.78. The predicted molar refractivity (Wildman–Crippen MR) is 85.8 cm³/mol. The number of piperazine rings is 1. The van der Waals surface area contributed by atoms with E-state index in [-0.39, 0.29) is 0 Å². The van der Waals surface area contributed by atoms with Crippen LogP contribution in [-0.2, 0) is 0 Å². The first-order valence-electron chi connectivity index (χ1n) is 7.47. The van der Waals surface area contributed by atoms with E-state index in [0.717, 1.165) is 48.9 Å². The van der Waals surface area contributed by atoms with E-state index < -0.39 is 0 Å². The zero-order valence-electron chi connectivity index (χ0n) is 12.5. The second-order valence-electron chi connectivity index (χ2n) is 5.59. The third-order valence-electron chi connectivity index (χ3n) is 4.14. The van der Waals surface area contributed by atoms with Crippen LogP contribution in [-0.4, -0.2) is 52.5 Å². The third-order valence-corrected chi connectivity index (χ3v) is 4.14. The molecule has 1 fully saturated rings. The lowest BCUT2D eigenvalue weighted by Gasteiger charge is -2.33. The van der Waals surface area contributed by atoms with Crippen LogP contribution in [0.2, 0.25) is 0 Å². The van der Waals surface area contributed by atoms with E-state index in [2.05, 4.69) is 38.4 Å². The molecule has 0 atom stereocenters. The molecule has 2 aromatic heterocycles. The van der Waals surface area contributed by atoms with Crippen LogP contribution in [0.25, 0.3) is 16.9 Å². The molecule has 0 saturated carbocycles. The second-order valence-corrected chi connectivity index (χ2v) is 5.59. The maximum atomic E-state index is 4.69. The Morgan fingerprint density at radius 1 is 1.14 bits per heavy atom. The van der Waals surface area contributed by atoms with Gasteiger partial charge in [0.1, 0.15) is 0 Å². The lowest BCUT2D eigenvalue weighted by atomic mass is 10.2. The van der Waals surface area contributed by atoms with Gasteiger partial charge in [0.25, 0.3) is 0 Å². The molecule has 1 saturated heterocycles. The SMILES string of the molecule is CN1CCN(c2ncc(-c3c#cccc3)n3ccnc23)CC1. The lowest BCUT2D eigenvalue weighted by molar-refractivity contribution is 0.312. The first-order valence-corrected chi connectivity index (χ1v) is 7.47. The first-order chi connectivity index (χ1) is 10.8. The highest BCUT2D eigenvalue weighted by Crippen LogP contribution is 2.24. The molecule has 3 heterocycles. The van der Waals surface area contributed by atoms with Crippen molar-refractivity contribution in [2.24, 2.45) is 0 Å². The van der Waals surface area contributed by atoms with Gasteiger partial charge in [-0.3, -0.25) is 4.40 Å². The highest BCUT2D eigenvalue weighted by Gasteiger charge is 2.19.